The van der Waals surface area contributed by atoms with Crippen molar-refractivity contribution in [3.63, 3.8) is 0 Å². The van der Waals surface area contributed by atoms with Gasteiger partial charge in [0.15, 0.2) is 0 Å². The molecule has 0 spiro atoms. The van der Waals surface area contributed by atoms with Crippen LogP contribution in [0.25, 0.3) is 0 Å². The van der Waals surface area contributed by atoms with E-state index in [0.717, 1.165) is 4.90 Å². The highest BCUT2D eigenvalue weighted by Gasteiger charge is 2.15. The molecule has 0 aliphatic carbocycles. The molecular formula is C7H9BO3S. The molecule has 0 bridgehead atoms. The molecule has 12 heavy (non-hydrogen) atoms. The van der Waals surface area contributed by atoms with Crippen LogP contribution in [-0.2, 0) is 0 Å². The van der Waals surface area contributed by atoms with Gasteiger partial charge in [0.1, 0.15) is 5.75 Å². The minimum absolute atomic E-state index is 0.0862. The van der Waals surface area contributed by atoms with Crippen LogP contribution in [-0.4, -0.2) is 28.5 Å². The SMILES string of the molecule is CSc1ccc(B(O)O)c(O)c1. The molecule has 0 saturated heterocycles. The van der Waals surface area contributed by atoms with Crippen LogP contribution >= 0.6 is 11.8 Å². The molecule has 0 aliphatic heterocycles. The lowest BCUT2D eigenvalue weighted by Gasteiger charge is -2.03. The molecule has 5 heteroatoms. The second kappa shape index (κ2) is 3.84. The molecule has 0 aromatic heterocycles. The van der Waals surface area contributed by atoms with Gasteiger partial charge in [-0.15, -0.1) is 11.8 Å². The fourth-order valence-corrected chi connectivity index (χ4v) is 1.30. The molecule has 64 valence electrons. The highest BCUT2D eigenvalue weighted by Crippen LogP contribution is 2.18. The molecule has 0 atom stereocenters. The van der Waals surface area contributed by atoms with Crippen molar-refractivity contribution in [1.82, 2.24) is 0 Å². The van der Waals surface area contributed by atoms with E-state index in [1.165, 1.54) is 23.9 Å². The lowest BCUT2D eigenvalue weighted by Crippen LogP contribution is -2.29. The van der Waals surface area contributed by atoms with Gasteiger partial charge in [0.2, 0.25) is 0 Å². The predicted octanol–water partition coefficient (Wildman–Crippen LogP) is -0.206. The van der Waals surface area contributed by atoms with Crippen molar-refractivity contribution in [1.29, 1.82) is 0 Å². The summed E-state index contributed by atoms with van der Waals surface area (Å²) in [7, 11) is -1.61. The predicted molar refractivity (Wildman–Crippen MR) is 49.7 cm³/mol. The maximum absolute atomic E-state index is 9.26. The number of aromatic hydroxyl groups is 1. The second-order valence-corrected chi connectivity index (χ2v) is 3.18. The number of hydrogen-bond donors (Lipinski definition) is 3. The zero-order chi connectivity index (χ0) is 9.14. The third-order valence-electron chi connectivity index (χ3n) is 1.52. The van der Waals surface area contributed by atoms with Crippen LogP contribution in [0.5, 0.6) is 5.75 Å². The van der Waals surface area contributed by atoms with E-state index >= 15 is 0 Å². The van der Waals surface area contributed by atoms with Crippen molar-refractivity contribution in [2.45, 2.75) is 4.90 Å². The lowest BCUT2D eigenvalue weighted by atomic mass is 9.80. The number of phenolic OH excluding ortho intramolecular Hbond substituents is 1. The van der Waals surface area contributed by atoms with Crippen LogP contribution in [0.2, 0.25) is 0 Å². The maximum Gasteiger partial charge on any atom is 0.492 e. The molecule has 0 heterocycles. The van der Waals surface area contributed by atoms with Crippen LogP contribution in [0.15, 0.2) is 23.1 Å². The first-order valence-corrected chi connectivity index (χ1v) is 4.60. The Bertz CT molecular complexity index is 277. The molecule has 0 radical (unpaired) electrons. The van der Waals surface area contributed by atoms with Crippen molar-refractivity contribution in [3.8, 4) is 5.75 Å². The number of rotatable bonds is 2. The van der Waals surface area contributed by atoms with Gasteiger partial charge in [0.25, 0.3) is 0 Å². The normalized spacial score (nSPS) is 9.92. The average molecular weight is 184 g/mol. The zero-order valence-corrected chi connectivity index (χ0v) is 7.38. The smallest absolute Gasteiger partial charge is 0.492 e. The van der Waals surface area contributed by atoms with Gasteiger partial charge in [0.05, 0.1) is 0 Å². The number of benzene rings is 1. The number of phenols is 1. The van der Waals surface area contributed by atoms with Crippen molar-refractivity contribution < 1.29 is 15.2 Å². The summed E-state index contributed by atoms with van der Waals surface area (Å²) in [5, 5.41) is 26.8. The molecule has 1 aromatic rings. The first-order valence-electron chi connectivity index (χ1n) is 3.38. The molecule has 0 saturated carbocycles. The van der Waals surface area contributed by atoms with Crippen molar-refractivity contribution in [3.05, 3.63) is 18.2 Å². The Morgan fingerprint density at radius 1 is 1.33 bits per heavy atom. The Kier molecular flexibility index (Phi) is 3.02. The third kappa shape index (κ3) is 1.94. The molecule has 1 rings (SSSR count). The fourth-order valence-electron chi connectivity index (χ4n) is 0.869. The van der Waals surface area contributed by atoms with Gasteiger partial charge in [-0.2, -0.15) is 0 Å². The first kappa shape index (κ1) is 9.44. The molecule has 0 aliphatic rings. The van der Waals surface area contributed by atoms with E-state index < -0.39 is 7.12 Å². The minimum Gasteiger partial charge on any atom is -0.508 e. The summed E-state index contributed by atoms with van der Waals surface area (Å²) in [5.74, 6) is -0.0862. The highest BCUT2D eigenvalue weighted by molar-refractivity contribution is 7.98. The fraction of sp³-hybridized carbons (Fsp3) is 0.143. The Hall–Kier alpha value is -0.645. The summed E-state index contributed by atoms with van der Waals surface area (Å²) in [6.07, 6.45) is 1.88. The van der Waals surface area contributed by atoms with Crippen LogP contribution in [0, 0.1) is 0 Å². The van der Waals surface area contributed by atoms with Crippen molar-refractivity contribution in [2.24, 2.45) is 0 Å². The standard InChI is InChI=1S/C7H9BO3S/c1-12-5-2-3-6(8(10)11)7(9)4-5/h2-4,9-11H,1H3. The summed E-state index contributed by atoms with van der Waals surface area (Å²) in [4.78, 5) is 0.886. The molecular weight excluding hydrogens is 175 g/mol. The van der Waals surface area contributed by atoms with Crippen LogP contribution < -0.4 is 5.46 Å². The van der Waals surface area contributed by atoms with Gasteiger partial charge in [0, 0.05) is 10.4 Å². The third-order valence-corrected chi connectivity index (χ3v) is 2.24. The summed E-state index contributed by atoms with van der Waals surface area (Å²) in [5.41, 5.74) is 0.132. The Morgan fingerprint density at radius 2 is 2.00 bits per heavy atom. The summed E-state index contributed by atoms with van der Waals surface area (Å²) in [6, 6.07) is 4.71. The van der Waals surface area contributed by atoms with Gasteiger partial charge in [-0.05, 0) is 18.4 Å². The average Bonchev–Trinajstić information content (AvgIpc) is 2.03. The van der Waals surface area contributed by atoms with E-state index in [1.807, 2.05) is 6.26 Å². The molecule has 0 fully saturated rings. The monoisotopic (exact) mass is 184 g/mol. The van der Waals surface area contributed by atoms with Gasteiger partial charge >= 0.3 is 7.12 Å². The summed E-state index contributed by atoms with van der Waals surface area (Å²) in [6.45, 7) is 0. The van der Waals surface area contributed by atoms with Crippen LogP contribution in [0.4, 0.5) is 0 Å². The maximum atomic E-state index is 9.26. The summed E-state index contributed by atoms with van der Waals surface area (Å²) >= 11 is 1.48. The van der Waals surface area contributed by atoms with E-state index in [1.54, 1.807) is 6.07 Å². The lowest BCUT2D eigenvalue weighted by molar-refractivity contribution is 0.419. The van der Waals surface area contributed by atoms with Crippen molar-refractivity contribution in [2.75, 3.05) is 6.26 Å². The largest absolute Gasteiger partial charge is 0.508 e. The van der Waals surface area contributed by atoms with E-state index in [4.69, 9.17) is 10.0 Å². The number of thioether (sulfide) groups is 1. The van der Waals surface area contributed by atoms with Gasteiger partial charge in [-0.25, -0.2) is 0 Å². The first-order chi connectivity index (χ1) is 5.65. The van der Waals surface area contributed by atoms with Gasteiger partial charge in [-0.3, -0.25) is 0 Å². The summed E-state index contributed by atoms with van der Waals surface area (Å²) < 4.78 is 0. The molecule has 0 unspecified atom stereocenters. The zero-order valence-electron chi connectivity index (χ0n) is 6.56. The molecule has 0 amide bonds. The van der Waals surface area contributed by atoms with E-state index in [0.29, 0.717) is 0 Å². The Labute approximate surface area is 75.2 Å². The van der Waals surface area contributed by atoms with Crippen molar-refractivity contribution >= 4 is 24.3 Å². The Balaban J connectivity index is 3.03. The Morgan fingerprint density at radius 3 is 2.42 bits per heavy atom. The van der Waals surface area contributed by atoms with Crippen LogP contribution in [0.1, 0.15) is 0 Å². The van der Waals surface area contributed by atoms with E-state index in [9.17, 15) is 5.11 Å². The van der Waals surface area contributed by atoms with E-state index in [-0.39, 0.29) is 11.2 Å². The highest BCUT2D eigenvalue weighted by atomic mass is 32.2. The quantitative estimate of drug-likeness (QED) is 0.439. The van der Waals surface area contributed by atoms with Gasteiger partial charge in [-0.1, -0.05) is 6.07 Å². The molecule has 3 nitrogen and oxygen atoms in total. The molecule has 3 N–H and O–H groups in total. The van der Waals surface area contributed by atoms with Gasteiger partial charge < -0.3 is 15.2 Å². The van der Waals surface area contributed by atoms with E-state index in [2.05, 4.69) is 0 Å². The number of hydrogen-bond acceptors (Lipinski definition) is 4. The molecule has 1 aromatic carbocycles. The second-order valence-electron chi connectivity index (χ2n) is 2.30. The van der Waals surface area contributed by atoms with Crippen LogP contribution in [0.3, 0.4) is 0 Å². The topological polar surface area (TPSA) is 60.7 Å². The minimum atomic E-state index is -1.61.